The molecule has 1 heterocycles. The van der Waals surface area contributed by atoms with Crippen molar-refractivity contribution in [3.63, 3.8) is 0 Å². The number of fused-ring (bicyclic) bond motifs is 1. The van der Waals surface area contributed by atoms with Gasteiger partial charge in [0.05, 0.1) is 6.20 Å². The highest BCUT2D eigenvalue weighted by Gasteiger charge is 2.22. The van der Waals surface area contributed by atoms with E-state index in [9.17, 15) is 0 Å². The fourth-order valence-electron chi connectivity index (χ4n) is 3.41. The molecular weight excluding hydrogens is 258 g/mol. The molecule has 1 aromatic heterocycles. The predicted molar refractivity (Wildman–Crippen MR) is 87.4 cm³/mol. The van der Waals surface area contributed by atoms with Gasteiger partial charge in [-0.05, 0) is 49.4 Å². The van der Waals surface area contributed by atoms with E-state index in [0.29, 0.717) is 6.04 Å². The first-order chi connectivity index (χ1) is 10.2. The normalized spacial score (nSPS) is 17.2. The van der Waals surface area contributed by atoms with Gasteiger partial charge >= 0.3 is 0 Å². The lowest BCUT2D eigenvalue weighted by atomic mass is 10.0. The summed E-state index contributed by atoms with van der Waals surface area (Å²) in [6.07, 6.45) is 5.55. The molecule has 1 N–H and O–H groups in total. The number of aromatic nitrogens is 2. The molecule has 0 radical (unpaired) electrons. The summed E-state index contributed by atoms with van der Waals surface area (Å²) in [5.41, 5.74) is 6.85. The average molecular weight is 283 g/mol. The number of nitrogens with one attached hydrogen (secondary N) is 1. The molecule has 0 aliphatic heterocycles. The third kappa shape index (κ3) is 2.62. The van der Waals surface area contributed by atoms with Crippen molar-refractivity contribution in [3.8, 4) is 11.1 Å². The highest BCUT2D eigenvalue weighted by atomic mass is 15.3. The van der Waals surface area contributed by atoms with Gasteiger partial charge in [0.1, 0.15) is 0 Å². The van der Waals surface area contributed by atoms with Crippen molar-refractivity contribution in [1.82, 2.24) is 15.1 Å². The molecule has 0 amide bonds. The second-order valence-electron chi connectivity index (χ2n) is 5.93. The SMILES string of the molecule is CCCn1ncc(-c2ccc3c(c2)CCC3NCC)c1C. The standard InChI is InChI=1S/C18H25N3/c1-4-10-21-13(3)17(12-20-21)15-6-8-16-14(11-15)7-9-18(16)19-5-2/h6,8,11-12,18-19H,4-5,7,9-10H2,1-3H3. The minimum atomic E-state index is 0.544. The lowest BCUT2D eigenvalue weighted by Gasteiger charge is -2.12. The van der Waals surface area contributed by atoms with Gasteiger partial charge in [-0.1, -0.05) is 32.0 Å². The maximum absolute atomic E-state index is 4.52. The van der Waals surface area contributed by atoms with Gasteiger partial charge < -0.3 is 5.32 Å². The van der Waals surface area contributed by atoms with Crippen molar-refractivity contribution in [2.24, 2.45) is 0 Å². The van der Waals surface area contributed by atoms with Crippen LogP contribution in [0, 0.1) is 6.92 Å². The molecule has 2 aromatic rings. The lowest BCUT2D eigenvalue weighted by molar-refractivity contribution is 0.549. The van der Waals surface area contributed by atoms with E-state index in [1.54, 1.807) is 0 Å². The van der Waals surface area contributed by atoms with Crippen LogP contribution in [0.2, 0.25) is 0 Å². The summed E-state index contributed by atoms with van der Waals surface area (Å²) in [4.78, 5) is 0. The first-order valence-corrected chi connectivity index (χ1v) is 8.13. The Hall–Kier alpha value is -1.61. The van der Waals surface area contributed by atoms with Crippen LogP contribution in [0.15, 0.2) is 24.4 Å². The number of nitrogens with zero attached hydrogens (tertiary/aromatic N) is 2. The summed E-state index contributed by atoms with van der Waals surface area (Å²) in [5.74, 6) is 0. The van der Waals surface area contributed by atoms with Crippen LogP contribution >= 0.6 is 0 Å². The van der Waals surface area contributed by atoms with Gasteiger partial charge in [0.25, 0.3) is 0 Å². The van der Waals surface area contributed by atoms with Gasteiger partial charge in [-0.15, -0.1) is 0 Å². The fourth-order valence-corrected chi connectivity index (χ4v) is 3.41. The quantitative estimate of drug-likeness (QED) is 0.903. The number of rotatable bonds is 5. The van der Waals surface area contributed by atoms with Crippen LogP contribution in [0.4, 0.5) is 0 Å². The number of benzene rings is 1. The van der Waals surface area contributed by atoms with Crippen LogP contribution in [0.25, 0.3) is 11.1 Å². The number of hydrogen-bond acceptors (Lipinski definition) is 2. The zero-order valence-electron chi connectivity index (χ0n) is 13.3. The average Bonchev–Trinajstić information content (AvgIpc) is 3.05. The van der Waals surface area contributed by atoms with E-state index in [1.165, 1.54) is 40.8 Å². The van der Waals surface area contributed by atoms with Crippen LogP contribution in [0.5, 0.6) is 0 Å². The van der Waals surface area contributed by atoms with E-state index >= 15 is 0 Å². The molecule has 1 unspecified atom stereocenters. The van der Waals surface area contributed by atoms with E-state index in [0.717, 1.165) is 19.5 Å². The summed E-state index contributed by atoms with van der Waals surface area (Å²) in [5, 5.41) is 8.10. The molecule has 0 saturated carbocycles. The molecule has 0 bridgehead atoms. The van der Waals surface area contributed by atoms with Crippen molar-refractivity contribution in [2.75, 3.05) is 6.54 Å². The molecule has 0 spiro atoms. The Kier molecular flexibility index (Phi) is 4.11. The van der Waals surface area contributed by atoms with Gasteiger partial charge in [-0.25, -0.2) is 0 Å². The monoisotopic (exact) mass is 283 g/mol. The van der Waals surface area contributed by atoms with Gasteiger partial charge in [-0.3, -0.25) is 4.68 Å². The number of aryl methyl sites for hydroxylation is 2. The molecule has 3 heteroatoms. The van der Waals surface area contributed by atoms with E-state index in [2.05, 4.69) is 54.1 Å². The summed E-state index contributed by atoms with van der Waals surface area (Å²) in [7, 11) is 0. The van der Waals surface area contributed by atoms with Crippen molar-refractivity contribution < 1.29 is 0 Å². The molecular formula is C18H25N3. The first-order valence-electron chi connectivity index (χ1n) is 8.13. The molecule has 0 fully saturated rings. The zero-order chi connectivity index (χ0) is 14.8. The van der Waals surface area contributed by atoms with Crippen molar-refractivity contribution in [1.29, 1.82) is 0 Å². The highest BCUT2D eigenvalue weighted by molar-refractivity contribution is 5.67. The van der Waals surface area contributed by atoms with Crippen LogP contribution in [-0.2, 0) is 13.0 Å². The predicted octanol–water partition coefficient (Wildman–Crippen LogP) is 3.87. The lowest BCUT2D eigenvalue weighted by Crippen LogP contribution is -2.18. The van der Waals surface area contributed by atoms with Gasteiger partial charge in [0.2, 0.25) is 0 Å². The topological polar surface area (TPSA) is 29.9 Å². The maximum atomic E-state index is 4.52. The summed E-state index contributed by atoms with van der Waals surface area (Å²) in [6, 6.07) is 7.48. The van der Waals surface area contributed by atoms with Crippen molar-refractivity contribution in [2.45, 2.75) is 52.6 Å². The first kappa shape index (κ1) is 14.3. The zero-order valence-corrected chi connectivity index (χ0v) is 13.3. The second-order valence-corrected chi connectivity index (χ2v) is 5.93. The Bertz CT molecular complexity index is 627. The Morgan fingerprint density at radius 3 is 2.95 bits per heavy atom. The van der Waals surface area contributed by atoms with Crippen LogP contribution in [-0.4, -0.2) is 16.3 Å². The largest absolute Gasteiger partial charge is 0.310 e. The Balaban J connectivity index is 1.91. The Morgan fingerprint density at radius 1 is 1.33 bits per heavy atom. The molecule has 112 valence electrons. The van der Waals surface area contributed by atoms with Crippen LogP contribution < -0.4 is 5.32 Å². The third-order valence-electron chi connectivity index (χ3n) is 4.52. The van der Waals surface area contributed by atoms with Crippen molar-refractivity contribution in [3.05, 3.63) is 41.2 Å². The fraction of sp³-hybridized carbons (Fsp3) is 0.500. The van der Waals surface area contributed by atoms with E-state index in [-0.39, 0.29) is 0 Å². The molecule has 1 aliphatic rings. The summed E-state index contributed by atoms with van der Waals surface area (Å²) in [6.45, 7) is 8.58. The minimum absolute atomic E-state index is 0.544. The highest BCUT2D eigenvalue weighted by Crippen LogP contribution is 2.34. The van der Waals surface area contributed by atoms with Gasteiger partial charge in [0, 0.05) is 23.8 Å². The van der Waals surface area contributed by atoms with E-state index in [1.807, 2.05) is 6.20 Å². The number of hydrogen-bond donors (Lipinski definition) is 1. The van der Waals surface area contributed by atoms with Gasteiger partial charge in [0.15, 0.2) is 0 Å². The smallest absolute Gasteiger partial charge is 0.0571 e. The molecule has 3 nitrogen and oxygen atoms in total. The minimum Gasteiger partial charge on any atom is -0.310 e. The van der Waals surface area contributed by atoms with Crippen LogP contribution in [0.1, 0.15) is 49.6 Å². The maximum Gasteiger partial charge on any atom is 0.0571 e. The third-order valence-corrected chi connectivity index (χ3v) is 4.52. The van der Waals surface area contributed by atoms with Crippen molar-refractivity contribution >= 4 is 0 Å². The second kappa shape index (κ2) is 6.02. The van der Waals surface area contributed by atoms with Gasteiger partial charge in [-0.2, -0.15) is 5.10 Å². The summed E-state index contributed by atoms with van der Waals surface area (Å²) < 4.78 is 2.12. The van der Waals surface area contributed by atoms with E-state index in [4.69, 9.17) is 0 Å². The Morgan fingerprint density at radius 2 is 2.19 bits per heavy atom. The molecule has 0 saturated heterocycles. The Labute approximate surface area is 127 Å². The summed E-state index contributed by atoms with van der Waals surface area (Å²) >= 11 is 0. The molecule has 3 rings (SSSR count). The molecule has 21 heavy (non-hydrogen) atoms. The van der Waals surface area contributed by atoms with Crippen LogP contribution in [0.3, 0.4) is 0 Å². The molecule has 1 atom stereocenters. The molecule has 1 aliphatic carbocycles. The molecule has 1 aromatic carbocycles. The van der Waals surface area contributed by atoms with E-state index < -0.39 is 0 Å².